The van der Waals surface area contributed by atoms with Crippen LogP contribution in [0.25, 0.3) is 11.3 Å². The van der Waals surface area contributed by atoms with Crippen LogP contribution < -0.4 is 9.47 Å². The summed E-state index contributed by atoms with van der Waals surface area (Å²) in [5.74, 6) is 1.73. The van der Waals surface area contributed by atoms with Gasteiger partial charge in [-0.1, -0.05) is 11.2 Å². The molecule has 0 radical (unpaired) electrons. The van der Waals surface area contributed by atoms with Crippen molar-refractivity contribution in [3.05, 3.63) is 60.1 Å². The summed E-state index contributed by atoms with van der Waals surface area (Å²) in [6, 6.07) is 10.8. The van der Waals surface area contributed by atoms with Crippen LogP contribution in [-0.4, -0.2) is 22.0 Å². The van der Waals surface area contributed by atoms with E-state index in [1.807, 2.05) is 18.2 Å². The highest BCUT2D eigenvalue weighted by molar-refractivity contribution is 5.64. The smallest absolute Gasteiger partial charge is 0.231 e. The fourth-order valence-corrected chi connectivity index (χ4v) is 2.49. The number of aliphatic hydroxyl groups is 1. The van der Waals surface area contributed by atoms with Gasteiger partial charge in [-0.2, -0.15) is 0 Å². The van der Waals surface area contributed by atoms with E-state index < -0.39 is 5.60 Å². The Kier molecular flexibility index (Phi) is 3.06. The molecule has 23 heavy (non-hydrogen) atoms. The summed E-state index contributed by atoms with van der Waals surface area (Å²) in [5, 5.41) is 14.8. The lowest BCUT2D eigenvalue weighted by Crippen LogP contribution is -2.22. The summed E-state index contributed by atoms with van der Waals surface area (Å²) in [5.41, 5.74) is 0.762. The topological polar surface area (TPSA) is 77.6 Å². The molecule has 0 spiro atoms. The Hall–Kier alpha value is -2.86. The summed E-state index contributed by atoms with van der Waals surface area (Å²) >= 11 is 0. The average Bonchev–Trinajstić information content (AvgIpc) is 3.24. The standard InChI is InChI=1S/C17H14N2O4/c1-17(20,12-3-2-6-18-9-12)16-8-13(19-23-16)11-4-5-14-15(7-11)22-10-21-14/h2-9,20H,10H2,1H3/t17-/m1/s1. The largest absolute Gasteiger partial charge is 0.454 e. The van der Waals surface area contributed by atoms with Crippen molar-refractivity contribution >= 4 is 0 Å². The average molecular weight is 310 g/mol. The molecule has 116 valence electrons. The van der Waals surface area contributed by atoms with Gasteiger partial charge in [0.15, 0.2) is 17.3 Å². The molecule has 0 bridgehead atoms. The molecule has 1 atom stereocenters. The van der Waals surface area contributed by atoms with Crippen molar-refractivity contribution in [3.63, 3.8) is 0 Å². The van der Waals surface area contributed by atoms with Gasteiger partial charge < -0.3 is 19.1 Å². The molecule has 6 nitrogen and oxygen atoms in total. The van der Waals surface area contributed by atoms with Crippen LogP contribution in [0.3, 0.4) is 0 Å². The molecule has 1 aromatic carbocycles. The Morgan fingerprint density at radius 3 is 2.83 bits per heavy atom. The van der Waals surface area contributed by atoms with E-state index in [1.54, 1.807) is 37.5 Å². The first kappa shape index (κ1) is 13.8. The van der Waals surface area contributed by atoms with Crippen molar-refractivity contribution in [2.24, 2.45) is 0 Å². The van der Waals surface area contributed by atoms with E-state index >= 15 is 0 Å². The number of benzene rings is 1. The second-order valence-electron chi connectivity index (χ2n) is 5.46. The Labute approximate surface area is 132 Å². The molecular formula is C17H14N2O4. The van der Waals surface area contributed by atoms with Gasteiger partial charge >= 0.3 is 0 Å². The van der Waals surface area contributed by atoms with Gasteiger partial charge in [0.05, 0.1) is 0 Å². The van der Waals surface area contributed by atoms with Gasteiger partial charge in [-0.05, 0) is 31.2 Å². The third kappa shape index (κ3) is 2.33. The summed E-state index contributed by atoms with van der Waals surface area (Å²) in [4.78, 5) is 4.03. The quantitative estimate of drug-likeness (QED) is 0.801. The molecule has 3 aromatic rings. The third-order valence-corrected chi connectivity index (χ3v) is 3.88. The summed E-state index contributed by atoms with van der Waals surface area (Å²) < 4.78 is 16.0. The van der Waals surface area contributed by atoms with Crippen molar-refractivity contribution in [2.45, 2.75) is 12.5 Å². The predicted octanol–water partition coefficient (Wildman–Crippen LogP) is 2.72. The molecular weight excluding hydrogens is 296 g/mol. The molecule has 1 aliphatic rings. The molecule has 0 unspecified atom stereocenters. The molecule has 0 amide bonds. The molecule has 1 aliphatic heterocycles. The van der Waals surface area contributed by atoms with Gasteiger partial charge in [-0.3, -0.25) is 4.98 Å². The van der Waals surface area contributed by atoms with Crippen molar-refractivity contribution in [2.75, 3.05) is 6.79 Å². The maximum atomic E-state index is 10.8. The number of hydrogen-bond acceptors (Lipinski definition) is 6. The van der Waals surface area contributed by atoms with E-state index in [4.69, 9.17) is 14.0 Å². The molecule has 3 heterocycles. The minimum atomic E-state index is -1.31. The SMILES string of the molecule is C[C@@](O)(c1cccnc1)c1cc(-c2ccc3c(c2)OCO3)no1. The van der Waals surface area contributed by atoms with Gasteiger partial charge in [0.2, 0.25) is 6.79 Å². The first-order valence-corrected chi connectivity index (χ1v) is 7.15. The van der Waals surface area contributed by atoms with E-state index in [9.17, 15) is 5.11 Å². The summed E-state index contributed by atoms with van der Waals surface area (Å²) in [6.45, 7) is 1.87. The second kappa shape index (κ2) is 5.10. The van der Waals surface area contributed by atoms with Crippen molar-refractivity contribution in [3.8, 4) is 22.8 Å². The van der Waals surface area contributed by atoms with Crippen molar-refractivity contribution < 1.29 is 19.1 Å². The van der Waals surface area contributed by atoms with Gasteiger partial charge in [-0.25, -0.2) is 0 Å². The van der Waals surface area contributed by atoms with Crippen LogP contribution >= 0.6 is 0 Å². The zero-order valence-electron chi connectivity index (χ0n) is 12.4. The lowest BCUT2D eigenvalue weighted by molar-refractivity contribution is 0.0691. The van der Waals surface area contributed by atoms with Crippen LogP contribution in [0.4, 0.5) is 0 Å². The van der Waals surface area contributed by atoms with Crippen molar-refractivity contribution in [1.29, 1.82) is 0 Å². The molecule has 0 saturated heterocycles. The number of pyridine rings is 1. The fraction of sp³-hybridized carbons (Fsp3) is 0.176. The summed E-state index contributed by atoms with van der Waals surface area (Å²) in [7, 11) is 0. The zero-order chi connectivity index (χ0) is 15.9. The predicted molar refractivity (Wildman–Crippen MR) is 81.0 cm³/mol. The number of fused-ring (bicyclic) bond motifs is 1. The van der Waals surface area contributed by atoms with Crippen LogP contribution in [0.2, 0.25) is 0 Å². The highest BCUT2D eigenvalue weighted by Crippen LogP contribution is 2.37. The van der Waals surface area contributed by atoms with E-state index in [0.717, 1.165) is 5.56 Å². The number of aromatic nitrogens is 2. The second-order valence-corrected chi connectivity index (χ2v) is 5.46. The van der Waals surface area contributed by atoms with Crippen LogP contribution in [0.5, 0.6) is 11.5 Å². The lowest BCUT2D eigenvalue weighted by atomic mass is 9.94. The van der Waals surface area contributed by atoms with E-state index in [-0.39, 0.29) is 6.79 Å². The lowest BCUT2D eigenvalue weighted by Gasteiger charge is -2.19. The molecule has 2 aromatic heterocycles. The molecule has 0 fully saturated rings. The number of ether oxygens (including phenoxy) is 2. The minimum absolute atomic E-state index is 0.221. The highest BCUT2D eigenvalue weighted by atomic mass is 16.7. The summed E-state index contributed by atoms with van der Waals surface area (Å²) in [6.07, 6.45) is 3.25. The Morgan fingerprint density at radius 2 is 2.00 bits per heavy atom. The van der Waals surface area contributed by atoms with Crippen LogP contribution in [0, 0.1) is 0 Å². The monoisotopic (exact) mass is 310 g/mol. The van der Waals surface area contributed by atoms with E-state index in [1.165, 1.54) is 0 Å². The van der Waals surface area contributed by atoms with E-state index in [0.29, 0.717) is 28.5 Å². The van der Waals surface area contributed by atoms with Crippen LogP contribution in [0.15, 0.2) is 53.3 Å². The Morgan fingerprint density at radius 1 is 1.13 bits per heavy atom. The number of rotatable bonds is 3. The first-order chi connectivity index (χ1) is 11.1. The number of hydrogen-bond donors (Lipinski definition) is 1. The van der Waals surface area contributed by atoms with E-state index in [2.05, 4.69) is 10.1 Å². The maximum absolute atomic E-state index is 10.8. The van der Waals surface area contributed by atoms with Gasteiger partial charge in [0.1, 0.15) is 11.3 Å². The Bertz CT molecular complexity index is 843. The fourth-order valence-electron chi connectivity index (χ4n) is 2.49. The van der Waals surface area contributed by atoms with Crippen LogP contribution in [-0.2, 0) is 5.60 Å². The van der Waals surface area contributed by atoms with Crippen LogP contribution in [0.1, 0.15) is 18.2 Å². The normalized spacial score (nSPS) is 15.4. The minimum Gasteiger partial charge on any atom is -0.454 e. The molecule has 6 heteroatoms. The third-order valence-electron chi connectivity index (χ3n) is 3.88. The van der Waals surface area contributed by atoms with Gasteiger partial charge in [0, 0.05) is 29.6 Å². The zero-order valence-corrected chi connectivity index (χ0v) is 12.4. The molecule has 1 N–H and O–H groups in total. The molecule has 4 rings (SSSR count). The number of nitrogens with zero attached hydrogens (tertiary/aromatic N) is 2. The van der Waals surface area contributed by atoms with Crippen molar-refractivity contribution in [1.82, 2.24) is 10.1 Å². The van der Waals surface area contributed by atoms with Gasteiger partial charge in [-0.15, -0.1) is 0 Å². The van der Waals surface area contributed by atoms with Gasteiger partial charge in [0.25, 0.3) is 0 Å². The Balaban J connectivity index is 1.69. The first-order valence-electron chi connectivity index (χ1n) is 7.15. The maximum Gasteiger partial charge on any atom is 0.231 e. The molecule has 0 aliphatic carbocycles. The molecule has 0 saturated carbocycles. The highest BCUT2D eigenvalue weighted by Gasteiger charge is 2.31.